The highest BCUT2D eigenvalue weighted by Gasteiger charge is 2.34. The van der Waals surface area contributed by atoms with Crippen LogP contribution in [0.4, 0.5) is 0 Å². The Kier molecular flexibility index (Phi) is 2.86. The summed E-state index contributed by atoms with van der Waals surface area (Å²) in [6, 6.07) is 10.3. The van der Waals surface area contributed by atoms with E-state index in [4.69, 9.17) is 4.74 Å². The van der Waals surface area contributed by atoms with Gasteiger partial charge in [-0.15, -0.1) is 0 Å². The van der Waals surface area contributed by atoms with E-state index in [1.807, 2.05) is 30.4 Å². The largest absolute Gasteiger partial charge is 0.512 e. The molecule has 0 bridgehead atoms. The summed E-state index contributed by atoms with van der Waals surface area (Å²) < 4.78 is 6.32. The van der Waals surface area contributed by atoms with E-state index in [2.05, 4.69) is 37.3 Å². The van der Waals surface area contributed by atoms with Crippen molar-refractivity contribution in [2.75, 3.05) is 0 Å². The molecule has 0 fully saturated rings. The number of ether oxygens (including phenoxy) is 1. The summed E-state index contributed by atoms with van der Waals surface area (Å²) in [4.78, 5) is 0. The molecule has 0 radical (unpaired) electrons. The van der Waals surface area contributed by atoms with Crippen LogP contribution in [0.5, 0.6) is 0 Å². The molecule has 1 aliphatic heterocycles. The van der Waals surface area contributed by atoms with Crippen molar-refractivity contribution < 1.29 is 9.84 Å². The zero-order valence-electron chi connectivity index (χ0n) is 12.5. The lowest BCUT2D eigenvalue weighted by atomic mass is 9.79. The summed E-state index contributed by atoms with van der Waals surface area (Å²) in [5.41, 5.74) is 3.06. The molecule has 1 heterocycles. The predicted molar refractivity (Wildman–Crippen MR) is 87.1 cm³/mol. The maximum Gasteiger partial charge on any atom is 0.150 e. The molecule has 3 aliphatic rings. The van der Waals surface area contributed by atoms with Gasteiger partial charge in [-0.05, 0) is 36.3 Å². The van der Waals surface area contributed by atoms with Crippen molar-refractivity contribution in [1.29, 1.82) is 0 Å². The van der Waals surface area contributed by atoms with Gasteiger partial charge in [0.1, 0.15) is 11.4 Å². The smallest absolute Gasteiger partial charge is 0.150 e. The molecule has 1 aromatic carbocycles. The fraction of sp³-hybridized carbons (Fsp3) is 0.200. The SMILES string of the molecule is CC1(c2ccccc2)C=CC2=C(C=C[C@H]3CC(O)=CC=C23)O1. The van der Waals surface area contributed by atoms with Crippen LogP contribution in [0.1, 0.15) is 18.9 Å². The minimum Gasteiger partial charge on any atom is -0.512 e. The number of aliphatic hydroxyl groups is 1. The zero-order valence-corrected chi connectivity index (χ0v) is 12.5. The fourth-order valence-corrected chi connectivity index (χ4v) is 3.31. The van der Waals surface area contributed by atoms with Crippen LogP contribution in [0.2, 0.25) is 0 Å². The topological polar surface area (TPSA) is 29.5 Å². The number of allylic oxidation sites excluding steroid dienone is 8. The Morgan fingerprint density at radius 3 is 2.77 bits per heavy atom. The highest BCUT2D eigenvalue weighted by Crippen LogP contribution is 2.43. The average Bonchev–Trinajstić information content (AvgIpc) is 2.55. The van der Waals surface area contributed by atoms with Gasteiger partial charge in [-0.25, -0.2) is 0 Å². The van der Waals surface area contributed by atoms with Gasteiger partial charge in [-0.1, -0.05) is 48.6 Å². The first-order chi connectivity index (χ1) is 10.7. The molecule has 0 amide bonds. The van der Waals surface area contributed by atoms with Crippen LogP contribution in [0.15, 0.2) is 89.5 Å². The van der Waals surface area contributed by atoms with E-state index < -0.39 is 5.60 Å². The molecule has 4 rings (SSSR count). The molecule has 2 atom stereocenters. The molecule has 1 unspecified atom stereocenters. The van der Waals surface area contributed by atoms with Crippen molar-refractivity contribution in [3.63, 3.8) is 0 Å². The summed E-state index contributed by atoms with van der Waals surface area (Å²) in [6.07, 6.45) is 12.9. The number of rotatable bonds is 1. The Labute approximate surface area is 130 Å². The standard InChI is InChI=1S/C20H18O2/c1-20(15-5-3-2-4-6-15)12-11-18-17-9-8-16(21)13-14(17)7-10-19(18)22-20/h2-12,14,21H,13H2,1H3/t14-,20?/m0/s1. The second-order valence-electron chi connectivity index (χ2n) is 6.14. The summed E-state index contributed by atoms with van der Waals surface area (Å²) >= 11 is 0. The monoisotopic (exact) mass is 290 g/mol. The Balaban J connectivity index is 1.72. The Hall–Kier alpha value is -2.48. The van der Waals surface area contributed by atoms with E-state index in [1.165, 1.54) is 5.57 Å². The maximum absolute atomic E-state index is 9.69. The highest BCUT2D eigenvalue weighted by atomic mass is 16.5. The van der Waals surface area contributed by atoms with Crippen LogP contribution in [-0.4, -0.2) is 5.11 Å². The van der Waals surface area contributed by atoms with Gasteiger partial charge in [0.05, 0.1) is 5.76 Å². The molecule has 0 saturated carbocycles. The molecule has 22 heavy (non-hydrogen) atoms. The van der Waals surface area contributed by atoms with Gasteiger partial charge in [-0.2, -0.15) is 0 Å². The molecular formula is C20H18O2. The van der Waals surface area contributed by atoms with Crippen LogP contribution in [0, 0.1) is 5.92 Å². The summed E-state index contributed by atoms with van der Waals surface area (Å²) in [6.45, 7) is 2.09. The third-order valence-corrected chi connectivity index (χ3v) is 4.58. The Morgan fingerprint density at radius 2 is 1.95 bits per heavy atom. The Morgan fingerprint density at radius 1 is 1.14 bits per heavy atom. The molecule has 1 aromatic rings. The van der Waals surface area contributed by atoms with E-state index in [9.17, 15) is 5.11 Å². The fourth-order valence-electron chi connectivity index (χ4n) is 3.31. The first-order valence-corrected chi connectivity index (χ1v) is 7.62. The molecule has 2 nitrogen and oxygen atoms in total. The van der Waals surface area contributed by atoms with Gasteiger partial charge in [0.2, 0.25) is 0 Å². The minimum atomic E-state index is -0.440. The van der Waals surface area contributed by atoms with E-state index in [0.29, 0.717) is 12.2 Å². The van der Waals surface area contributed by atoms with E-state index in [-0.39, 0.29) is 5.92 Å². The van der Waals surface area contributed by atoms with E-state index in [1.54, 1.807) is 6.08 Å². The van der Waals surface area contributed by atoms with Gasteiger partial charge < -0.3 is 9.84 Å². The zero-order chi connectivity index (χ0) is 15.2. The number of hydrogen-bond acceptors (Lipinski definition) is 2. The van der Waals surface area contributed by atoms with Crippen molar-refractivity contribution >= 4 is 0 Å². The van der Waals surface area contributed by atoms with E-state index in [0.717, 1.165) is 16.9 Å². The first-order valence-electron chi connectivity index (χ1n) is 7.62. The predicted octanol–water partition coefficient (Wildman–Crippen LogP) is 4.70. The van der Waals surface area contributed by atoms with Crippen LogP contribution in [0.3, 0.4) is 0 Å². The van der Waals surface area contributed by atoms with Gasteiger partial charge >= 0.3 is 0 Å². The third kappa shape index (κ3) is 2.03. The molecule has 0 saturated heterocycles. The van der Waals surface area contributed by atoms with Crippen molar-refractivity contribution in [3.8, 4) is 0 Å². The average molecular weight is 290 g/mol. The van der Waals surface area contributed by atoms with E-state index >= 15 is 0 Å². The normalized spacial score (nSPS) is 29.2. The quantitative estimate of drug-likeness (QED) is 0.812. The van der Waals surface area contributed by atoms with Crippen LogP contribution < -0.4 is 0 Å². The van der Waals surface area contributed by atoms with Crippen molar-refractivity contribution in [2.24, 2.45) is 5.92 Å². The molecule has 2 aliphatic carbocycles. The van der Waals surface area contributed by atoms with Crippen molar-refractivity contribution in [1.82, 2.24) is 0 Å². The molecule has 0 spiro atoms. The first kappa shape index (κ1) is 13.2. The number of aliphatic hydroxyl groups excluding tert-OH is 1. The Bertz CT molecular complexity index is 762. The van der Waals surface area contributed by atoms with Crippen LogP contribution in [-0.2, 0) is 10.3 Å². The lowest BCUT2D eigenvalue weighted by molar-refractivity contribution is 0.0610. The lowest BCUT2D eigenvalue weighted by Gasteiger charge is -2.36. The van der Waals surface area contributed by atoms with Gasteiger partial charge in [0.25, 0.3) is 0 Å². The van der Waals surface area contributed by atoms with Gasteiger partial charge in [0, 0.05) is 17.9 Å². The molecular weight excluding hydrogens is 272 g/mol. The summed E-state index contributed by atoms with van der Waals surface area (Å²) in [5, 5.41) is 9.69. The lowest BCUT2D eigenvalue weighted by Crippen LogP contribution is -2.27. The molecule has 0 aromatic heterocycles. The molecule has 110 valence electrons. The highest BCUT2D eigenvalue weighted by molar-refractivity contribution is 5.56. The minimum absolute atomic E-state index is 0.248. The third-order valence-electron chi connectivity index (χ3n) is 4.58. The van der Waals surface area contributed by atoms with Gasteiger partial charge in [0.15, 0.2) is 0 Å². The second kappa shape index (κ2) is 4.77. The number of benzene rings is 1. The number of hydrogen-bond donors (Lipinski definition) is 1. The molecule has 2 heteroatoms. The molecule has 1 N–H and O–H groups in total. The van der Waals surface area contributed by atoms with Gasteiger partial charge in [-0.3, -0.25) is 0 Å². The maximum atomic E-state index is 9.69. The van der Waals surface area contributed by atoms with Crippen molar-refractivity contribution in [2.45, 2.75) is 18.9 Å². The second-order valence-corrected chi connectivity index (χ2v) is 6.14. The summed E-state index contributed by atoms with van der Waals surface area (Å²) in [7, 11) is 0. The van der Waals surface area contributed by atoms with Crippen LogP contribution in [0.25, 0.3) is 0 Å². The number of fused-ring (bicyclic) bond motifs is 2. The van der Waals surface area contributed by atoms with Crippen LogP contribution >= 0.6 is 0 Å². The van der Waals surface area contributed by atoms with Crippen molar-refractivity contribution in [3.05, 3.63) is 95.0 Å². The summed E-state index contributed by atoms with van der Waals surface area (Å²) in [5.74, 6) is 1.60.